The highest BCUT2D eigenvalue weighted by Crippen LogP contribution is 2.39. The third kappa shape index (κ3) is 5.43. The smallest absolute Gasteiger partial charge is 0.188 e. The van der Waals surface area contributed by atoms with E-state index in [-0.39, 0.29) is 57.5 Å². The molecule has 0 saturated heterocycles. The van der Waals surface area contributed by atoms with Crippen molar-refractivity contribution >= 4 is 22.1 Å². The van der Waals surface area contributed by atoms with Crippen LogP contribution < -0.4 is 11.5 Å². The molecule has 1 aliphatic carbocycles. The molecule has 2 aromatic heterocycles. The van der Waals surface area contributed by atoms with Gasteiger partial charge in [-0.2, -0.15) is 5.26 Å². The number of thiazole rings is 1. The fourth-order valence-corrected chi connectivity index (χ4v) is 5.83. The maximum atomic E-state index is 14.2. The van der Waals surface area contributed by atoms with E-state index in [1.807, 2.05) is 6.07 Å². The summed E-state index contributed by atoms with van der Waals surface area (Å²) in [7, 11) is 0. The van der Waals surface area contributed by atoms with E-state index >= 15 is 0 Å². The zero-order chi connectivity index (χ0) is 25.8. The predicted octanol–water partition coefficient (Wildman–Crippen LogP) is 4.63. The lowest BCUT2D eigenvalue weighted by molar-refractivity contribution is -0.0199. The second-order valence-corrected chi connectivity index (χ2v) is 10.1. The number of carbonyl (C=O) groups is 1. The Kier molecular flexibility index (Phi) is 8.04. The summed E-state index contributed by atoms with van der Waals surface area (Å²) in [5.41, 5.74) is 13.9. The van der Waals surface area contributed by atoms with Gasteiger partial charge in [-0.3, -0.25) is 9.78 Å². The number of carbonyl (C=O) groups excluding carboxylic acids is 1. The van der Waals surface area contributed by atoms with Crippen molar-refractivity contribution in [1.82, 2.24) is 9.97 Å². The minimum atomic E-state index is -0.769. The highest BCUT2D eigenvalue weighted by molar-refractivity contribution is 7.19. The molecule has 0 spiro atoms. The third-order valence-electron chi connectivity index (χ3n) is 6.55. The predicted molar refractivity (Wildman–Crippen MR) is 133 cm³/mol. The number of ketones is 1. The zero-order valence-corrected chi connectivity index (χ0v) is 20.6. The summed E-state index contributed by atoms with van der Waals surface area (Å²) in [4.78, 5) is 21.6. The minimum absolute atomic E-state index is 0.00147. The first-order valence-corrected chi connectivity index (χ1v) is 12.5. The van der Waals surface area contributed by atoms with Crippen molar-refractivity contribution in [3.8, 4) is 16.6 Å². The number of hydrogen-bond donors (Lipinski definition) is 2. The van der Waals surface area contributed by atoms with Crippen molar-refractivity contribution in [1.29, 1.82) is 5.26 Å². The number of aromatic nitrogens is 2. The molecule has 4 atom stereocenters. The minimum Gasteiger partial charge on any atom is -0.389 e. The van der Waals surface area contributed by atoms with Gasteiger partial charge >= 0.3 is 0 Å². The van der Waals surface area contributed by atoms with Gasteiger partial charge in [0.1, 0.15) is 27.3 Å². The van der Waals surface area contributed by atoms with Crippen molar-refractivity contribution < 1.29 is 18.3 Å². The van der Waals surface area contributed by atoms with Crippen LogP contribution in [-0.2, 0) is 11.2 Å². The molecule has 2 heterocycles. The molecule has 7 nitrogen and oxygen atoms in total. The van der Waals surface area contributed by atoms with Crippen LogP contribution in [0.2, 0.25) is 0 Å². The van der Waals surface area contributed by atoms with E-state index in [9.17, 15) is 13.6 Å². The van der Waals surface area contributed by atoms with Crippen molar-refractivity contribution in [3.05, 3.63) is 65.1 Å². The van der Waals surface area contributed by atoms with Crippen LogP contribution in [0.5, 0.6) is 0 Å². The number of hydrogen-bond acceptors (Lipinski definition) is 8. The highest BCUT2D eigenvalue weighted by Gasteiger charge is 2.36. The Morgan fingerprint density at radius 2 is 2.03 bits per heavy atom. The summed E-state index contributed by atoms with van der Waals surface area (Å²) < 4.78 is 34.3. The van der Waals surface area contributed by atoms with Crippen molar-refractivity contribution in [2.75, 3.05) is 12.3 Å². The lowest BCUT2D eigenvalue weighted by Crippen LogP contribution is -2.46. The van der Waals surface area contributed by atoms with Gasteiger partial charge in [-0.25, -0.2) is 13.8 Å². The van der Waals surface area contributed by atoms with Gasteiger partial charge in [-0.05, 0) is 54.0 Å². The Morgan fingerprint density at radius 1 is 1.28 bits per heavy atom. The van der Waals surface area contributed by atoms with E-state index in [2.05, 4.69) is 23.0 Å². The van der Waals surface area contributed by atoms with E-state index in [4.69, 9.17) is 21.5 Å². The first-order valence-electron chi connectivity index (χ1n) is 11.7. The summed E-state index contributed by atoms with van der Waals surface area (Å²) >= 11 is 0.875. The molecular formula is C26H27F2N5O2S. The molecule has 1 saturated carbocycles. The molecule has 4 rings (SSSR count). The summed E-state index contributed by atoms with van der Waals surface area (Å²) in [5, 5.41) is 8.89. The molecule has 4 N–H and O–H groups in total. The van der Waals surface area contributed by atoms with Gasteiger partial charge in [0, 0.05) is 24.9 Å². The van der Waals surface area contributed by atoms with Gasteiger partial charge in [-0.15, -0.1) is 0 Å². The third-order valence-corrected chi connectivity index (χ3v) is 7.45. The average Bonchev–Trinajstić information content (AvgIpc) is 3.22. The van der Waals surface area contributed by atoms with Crippen LogP contribution in [0.1, 0.15) is 53.7 Å². The van der Waals surface area contributed by atoms with E-state index in [0.717, 1.165) is 41.0 Å². The number of Topliss-reactive ketones (excluding diaryl/α,β-unsaturated/α-hetero) is 1. The van der Waals surface area contributed by atoms with Crippen LogP contribution in [0.4, 0.5) is 13.8 Å². The summed E-state index contributed by atoms with van der Waals surface area (Å²) in [6.07, 6.45) is 5.01. The van der Waals surface area contributed by atoms with Gasteiger partial charge in [0.25, 0.3) is 0 Å². The Labute approximate surface area is 212 Å². The highest BCUT2D eigenvalue weighted by atomic mass is 32.1. The molecule has 0 radical (unpaired) electrons. The maximum absolute atomic E-state index is 14.2. The summed E-state index contributed by atoms with van der Waals surface area (Å²) in [5.74, 6) is -1.62. The lowest BCUT2D eigenvalue weighted by Gasteiger charge is -2.39. The fourth-order valence-electron chi connectivity index (χ4n) is 4.93. The fraction of sp³-hybridized carbons (Fsp3) is 0.385. The summed E-state index contributed by atoms with van der Waals surface area (Å²) in [6.45, 7) is 2.43. The number of benzene rings is 1. The molecular weight excluding hydrogens is 484 g/mol. The Bertz CT molecular complexity index is 1260. The zero-order valence-electron chi connectivity index (χ0n) is 19.8. The van der Waals surface area contributed by atoms with Crippen LogP contribution in [0.15, 0.2) is 36.7 Å². The molecule has 36 heavy (non-hydrogen) atoms. The summed E-state index contributed by atoms with van der Waals surface area (Å²) in [6, 6.07) is 7.30. The molecule has 188 valence electrons. The van der Waals surface area contributed by atoms with Gasteiger partial charge in [0.15, 0.2) is 5.78 Å². The van der Waals surface area contributed by atoms with Gasteiger partial charge in [0.05, 0.1) is 30.8 Å². The van der Waals surface area contributed by atoms with Crippen LogP contribution in [0.25, 0.3) is 10.6 Å². The van der Waals surface area contributed by atoms with E-state index in [0.29, 0.717) is 19.4 Å². The number of halogens is 2. The number of anilines is 1. The average molecular weight is 512 g/mol. The number of ether oxygens (including phenoxy) is 1. The maximum Gasteiger partial charge on any atom is 0.188 e. The first kappa shape index (κ1) is 25.8. The van der Waals surface area contributed by atoms with Gasteiger partial charge < -0.3 is 16.2 Å². The number of nitrogens with zero attached hydrogens (tertiary/aromatic N) is 3. The second-order valence-electron chi connectivity index (χ2n) is 9.06. The van der Waals surface area contributed by atoms with Crippen molar-refractivity contribution in [3.63, 3.8) is 0 Å². The number of nitrogens with two attached hydrogens (primary N) is 2. The monoisotopic (exact) mass is 511 g/mol. The largest absolute Gasteiger partial charge is 0.389 e. The Hall–Kier alpha value is -3.26. The molecule has 1 aromatic carbocycles. The molecule has 0 unspecified atom stereocenters. The molecule has 1 fully saturated rings. The van der Waals surface area contributed by atoms with Crippen LogP contribution in [-0.4, -0.2) is 34.5 Å². The SMILES string of the molecule is C[C@H]1C[C@@H](c2ccncc2CC(=O)c2nc(-c3c(F)cccc3F)sc2N)C[C@@H](N)[C@H]1OCCC#N. The van der Waals surface area contributed by atoms with Gasteiger partial charge in [0.2, 0.25) is 0 Å². The van der Waals surface area contributed by atoms with E-state index < -0.39 is 11.6 Å². The standard InChI is InChI=1S/C26H27F2N5O2S/c1-14-10-15(11-20(30)24(14)35-9-3-7-29)17-6-8-32-13-16(17)12-21(34)23-25(31)36-26(33-23)22-18(27)4-2-5-19(22)28/h2,4-6,8,13-15,20,24H,3,9-12,30-31H2,1H3/t14-,15+,20+,24-/m0/s1. The van der Waals surface area contributed by atoms with Crippen LogP contribution in [0, 0.1) is 28.9 Å². The topological polar surface area (TPSA) is 128 Å². The number of pyridine rings is 1. The van der Waals surface area contributed by atoms with E-state index in [1.54, 1.807) is 12.4 Å². The lowest BCUT2D eigenvalue weighted by atomic mass is 9.73. The van der Waals surface area contributed by atoms with Crippen LogP contribution in [0.3, 0.4) is 0 Å². The number of rotatable bonds is 8. The van der Waals surface area contributed by atoms with Gasteiger partial charge in [-0.1, -0.05) is 24.3 Å². The van der Waals surface area contributed by atoms with E-state index in [1.165, 1.54) is 6.07 Å². The quantitative estimate of drug-likeness (QED) is 0.333. The molecule has 0 bridgehead atoms. The Morgan fingerprint density at radius 3 is 2.72 bits per heavy atom. The normalized spacial score (nSPS) is 21.8. The molecule has 3 aromatic rings. The van der Waals surface area contributed by atoms with Crippen molar-refractivity contribution in [2.24, 2.45) is 11.7 Å². The number of nitriles is 1. The van der Waals surface area contributed by atoms with Crippen LogP contribution >= 0.6 is 11.3 Å². The molecule has 1 aliphatic rings. The first-order chi connectivity index (χ1) is 17.3. The molecule has 0 aliphatic heterocycles. The molecule has 10 heteroatoms. The second kappa shape index (κ2) is 11.2. The Balaban J connectivity index is 1.53. The number of nitrogen functional groups attached to an aromatic ring is 1. The van der Waals surface area contributed by atoms with Crippen molar-refractivity contribution in [2.45, 2.75) is 50.7 Å². The molecule has 0 amide bonds.